The van der Waals surface area contributed by atoms with Crippen LogP contribution in [-0.2, 0) is 4.79 Å². The lowest BCUT2D eigenvalue weighted by atomic mass is 9.91. The van der Waals surface area contributed by atoms with Crippen LogP contribution in [0.3, 0.4) is 0 Å². The second-order valence-electron chi connectivity index (χ2n) is 7.08. The molecular formula is C17H28N4O2S. The van der Waals surface area contributed by atoms with Crippen LogP contribution in [0.25, 0.3) is 0 Å². The molecule has 0 aliphatic carbocycles. The molecule has 2 N–H and O–H groups in total. The van der Waals surface area contributed by atoms with Gasteiger partial charge in [0.2, 0.25) is 5.91 Å². The van der Waals surface area contributed by atoms with Gasteiger partial charge in [-0.25, -0.2) is 4.98 Å². The van der Waals surface area contributed by atoms with Crippen LogP contribution in [0.4, 0.5) is 5.13 Å². The molecule has 1 aromatic rings. The van der Waals surface area contributed by atoms with Crippen molar-refractivity contribution in [2.75, 3.05) is 25.0 Å². The summed E-state index contributed by atoms with van der Waals surface area (Å²) in [7, 11) is 0. The molecule has 1 saturated heterocycles. The maximum absolute atomic E-state index is 12.3. The molecule has 2 heterocycles. The Bertz CT molecular complexity index is 585. The number of carbonyl (C=O) groups excluding carboxylic acids is 2. The molecule has 7 heteroatoms. The maximum Gasteiger partial charge on any atom is 0.270 e. The minimum absolute atomic E-state index is 0.0833. The summed E-state index contributed by atoms with van der Waals surface area (Å²) in [5.41, 5.74) is 0.268. The van der Waals surface area contributed by atoms with Crippen molar-refractivity contribution in [1.29, 1.82) is 0 Å². The van der Waals surface area contributed by atoms with Crippen LogP contribution in [0.5, 0.6) is 0 Å². The highest BCUT2D eigenvalue weighted by atomic mass is 32.1. The highest BCUT2D eigenvalue weighted by Gasteiger charge is 2.31. The summed E-state index contributed by atoms with van der Waals surface area (Å²) < 4.78 is 0. The Kier molecular flexibility index (Phi) is 6.34. The third-order valence-electron chi connectivity index (χ3n) is 4.65. The Labute approximate surface area is 148 Å². The number of hydrogen-bond donors (Lipinski definition) is 2. The summed E-state index contributed by atoms with van der Waals surface area (Å²) in [5, 5.41) is 7.70. The Morgan fingerprint density at radius 2 is 2.21 bits per heavy atom. The lowest BCUT2D eigenvalue weighted by Crippen LogP contribution is -2.54. The summed E-state index contributed by atoms with van der Waals surface area (Å²) in [6, 6.07) is 0. The zero-order chi connectivity index (χ0) is 17.7. The predicted octanol–water partition coefficient (Wildman–Crippen LogP) is 2.73. The van der Waals surface area contributed by atoms with E-state index in [1.165, 1.54) is 37.5 Å². The number of piperidine rings is 1. The quantitative estimate of drug-likeness (QED) is 0.825. The van der Waals surface area contributed by atoms with Gasteiger partial charge in [-0.3, -0.25) is 14.5 Å². The Morgan fingerprint density at radius 1 is 1.46 bits per heavy atom. The summed E-state index contributed by atoms with van der Waals surface area (Å²) >= 11 is 1.26. The molecule has 1 aliphatic rings. The highest BCUT2D eigenvalue weighted by molar-refractivity contribution is 7.14. The van der Waals surface area contributed by atoms with Crippen molar-refractivity contribution in [3.63, 3.8) is 0 Å². The molecule has 0 aromatic carbocycles. The van der Waals surface area contributed by atoms with Gasteiger partial charge in [-0.05, 0) is 39.2 Å². The predicted molar refractivity (Wildman–Crippen MR) is 97.4 cm³/mol. The van der Waals surface area contributed by atoms with Gasteiger partial charge in [-0.2, -0.15) is 0 Å². The minimum atomic E-state index is -0.194. The van der Waals surface area contributed by atoms with E-state index in [2.05, 4.69) is 41.3 Å². The van der Waals surface area contributed by atoms with Gasteiger partial charge in [0.15, 0.2) is 5.13 Å². The zero-order valence-corrected chi connectivity index (χ0v) is 15.8. The number of rotatable bonds is 6. The minimum Gasteiger partial charge on any atom is -0.349 e. The first-order valence-electron chi connectivity index (χ1n) is 8.58. The van der Waals surface area contributed by atoms with Crippen LogP contribution < -0.4 is 10.6 Å². The fraction of sp³-hybridized carbons (Fsp3) is 0.706. The van der Waals surface area contributed by atoms with Crippen LogP contribution in [0, 0.1) is 5.92 Å². The van der Waals surface area contributed by atoms with E-state index in [4.69, 9.17) is 0 Å². The molecule has 1 atom stereocenters. The lowest BCUT2D eigenvalue weighted by Gasteiger charge is -2.43. The monoisotopic (exact) mass is 352 g/mol. The second kappa shape index (κ2) is 8.07. The van der Waals surface area contributed by atoms with E-state index in [9.17, 15) is 9.59 Å². The molecule has 0 saturated carbocycles. The van der Waals surface area contributed by atoms with Crippen molar-refractivity contribution in [1.82, 2.24) is 15.2 Å². The van der Waals surface area contributed by atoms with Gasteiger partial charge < -0.3 is 10.6 Å². The third kappa shape index (κ3) is 5.01. The number of nitrogens with zero attached hydrogens (tertiary/aromatic N) is 2. The summed E-state index contributed by atoms with van der Waals surface area (Å²) in [5.74, 6) is 0.375. The van der Waals surface area contributed by atoms with Crippen LogP contribution in [0.15, 0.2) is 5.38 Å². The molecule has 1 aliphatic heterocycles. The molecule has 1 unspecified atom stereocenters. The number of aromatic nitrogens is 1. The summed E-state index contributed by atoms with van der Waals surface area (Å²) in [6.45, 7) is 10.8. The first kappa shape index (κ1) is 18.9. The Morgan fingerprint density at radius 3 is 2.88 bits per heavy atom. The molecule has 2 amide bonds. The molecule has 1 fully saturated rings. The van der Waals surface area contributed by atoms with E-state index < -0.39 is 0 Å². The zero-order valence-electron chi connectivity index (χ0n) is 15.0. The molecule has 134 valence electrons. The normalized spacial score (nSPS) is 19.1. The first-order valence-corrected chi connectivity index (χ1v) is 9.46. The van der Waals surface area contributed by atoms with Crippen LogP contribution in [0.1, 0.15) is 57.4 Å². The molecule has 24 heavy (non-hydrogen) atoms. The summed E-state index contributed by atoms with van der Waals surface area (Å²) in [4.78, 5) is 30.0. The summed E-state index contributed by atoms with van der Waals surface area (Å²) in [6.07, 6.45) is 3.74. The SMILES string of the molecule is CCC1CCCN(C(C)(C)CNC(=O)c2csc(NC(C)=O)n2)C1. The van der Waals surface area contributed by atoms with Gasteiger partial charge in [0.1, 0.15) is 5.69 Å². The van der Waals surface area contributed by atoms with Gasteiger partial charge in [0, 0.05) is 30.9 Å². The maximum atomic E-state index is 12.3. The largest absolute Gasteiger partial charge is 0.349 e. The topological polar surface area (TPSA) is 74.3 Å². The van der Waals surface area contributed by atoms with Crippen molar-refractivity contribution in [2.45, 2.75) is 52.5 Å². The highest BCUT2D eigenvalue weighted by Crippen LogP contribution is 2.25. The molecule has 0 spiro atoms. The van der Waals surface area contributed by atoms with Gasteiger partial charge in [-0.15, -0.1) is 11.3 Å². The van der Waals surface area contributed by atoms with Crippen LogP contribution in [0.2, 0.25) is 0 Å². The average Bonchev–Trinajstić information content (AvgIpc) is 3.00. The second-order valence-corrected chi connectivity index (χ2v) is 7.93. The average molecular weight is 353 g/mol. The molecule has 1 aromatic heterocycles. The number of amides is 2. The van der Waals surface area contributed by atoms with Gasteiger partial charge in [0.25, 0.3) is 5.91 Å². The number of nitrogens with one attached hydrogen (secondary N) is 2. The van der Waals surface area contributed by atoms with Crippen molar-refractivity contribution in [3.05, 3.63) is 11.1 Å². The van der Waals surface area contributed by atoms with Gasteiger partial charge in [-0.1, -0.05) is 13.3 Å². The Hall–Kier alpha value is -1.47. The molecule has 2 rings (SSSR count). The molecule has 6 nitrogen and oxygen atoms in total. The van der Waals surface area contributed by atoms with Crippen molar-refractivity contribution >= 4 is 28.3 Å². The van der Waals surface area contributed by atoms with Gasteiger partial charge in [0.05, 0.1) is 0 Å². The van der Waals surface area contributed by atoms with E-state index in [1.54, 1.807) is 5.38 Å². The molecule has 0 radical (unpaired) electrons. The number of carbonyl (C=O) groups is 2. The van der Waals surface area contributed by atoms with E-state index in [0.717, 1.165) is 19.0 Å². The number of thiazole rings is 1. The fourth-order valence-electron chi connectivity index (χ4n) is 3.03. The van der Waals surface area contributed by atoms with E-state index in [1.807, 2.05) is 0 Å². The number of hydrogen-bond acceptors (Lipinski definition) is 5. The molecule has 0 bridgehead atoms. The third-order valence-corrected chi connectivity index (χ3v) is 5.41. The fourth-order valence-corrected chi connectivity index (χ4v) is 3.77. The van der Waals surface area contributed by atoms with Crippen molar-refractivity contribution < 1.29 is 9.59 Å². The lowest BCUT2D eigenvalue weighted by molar-refractivity contribution is -0.114. The van der Waals surface area contributed by atoms with E-state index in [0.29, 0.717) is 17.4 Å². The number of anilines is 1. The van der Waals surface area contributed by atoms with E-state index in [-0.39, 0.29) is 17.4 Å². The van der Waals surface area contributed by atoms with Crippen LogP contribution in [-0.4, -0.2) is 46.9 Å². The van der Waals surface area contributed by atoms with Gasteiger partial charge >= 0.3 is 0 Å². The standard InChI is InChI=1S/C17H28N4O2S/c1-5-13-7-6-8-21(9-13)17(3,4)11-18-15(23)14-10-24-16(20-14)19-12(2)22/h10,13H,5-9,11H2,1-4H3,(H,18,23)(H,19,20,22). The van der Waals surface area contributed by atoms with Crippen molar-refractivity contribution in [3.8, 4) is 0 Å². The first-order chi connectivity index (χ1) is 11.3. The van der Waals surface area contributed by atoms with Crippen molar-refractivity contribution in [2.24, 2.45) is 5.92 Å². The van der Waals surface area contributed by atoms with E-state index >= 15 is 0 Å². The number of likely N-dealkylation sites (tertiary alicyclic amines) is 1. The van der Waals surface area contributed by atoms with Crippen LogP contribution >= 0.6 is 11.3 Å². The smallest absolute Gasteiger partial charge is 0.270 e. The Balaban J connectivity index is 1.89. The molecular weight excluding hydrogens is 324 g/mol.